The van der Waals surface area contributed by atoms with Gasteiger partial charge in [-0.25, -0.2) is 4.79 Å². The highest BCUT2D eigenvalue weighted by molar-refractivity contribution is 7.99. The van der Waals surface area contributed by atoms with Crippen LogP contribution in [0.5, 0.6) is 0 Å². The minimum absolute atomic E-state index is 0.0355. The number of amides is 1. The molecule has 4 nitrogen and oxygen atoms in total. The normalized spacial score (nSPS) is 21.2. The summed E-state index contributed by atoms with van der Waals surface area (Å²) in [6.45, 7) is 4.61. The number of nitrogens with zero attached hydrogens (tertiary/aromatic N) is 1. The van der Waals surface area contributed by atoms with E-state index in [1.54, 1.807) is 23.6 Å². The van der Waals surface area contributed by atoms with Crippen LogP contribution in [-0.2, 0) is 14.3 Å². The van der Waals surface area contributed by atoms with Crippen LogP contribution in [0.3, 0.4) is 0 Å². The minimum atomic E-state index is -0.379. The number of ether oxygens (including phenoxy) is 1. The molecule has 1 unspecified atom stereocenters. The second-order valence-corrected chi connectivity index (χ2v) is 4.43. The summed E-state index contributed by atoms with van der Waals surface area (Å²) in [5, 5.41) is 0. The van der Waals surface area contributed by atoms with Crippen LogP contribution in [0.1, 0.15) is 20.3 Å². The molecule has 86 valence electrons. The highest BCUT2D eigenvalue weighted by atomic mass is 32.2. The lowest BCUT2D eigenvalue weighted by atomic mass is 10.2. The van der Waals surface area contributed by atoms with Crippen LogP contribution < -0.4 is 0 Å². The molecule has 1 saturated heterocycles. The topological polar surface area (TPSA) is 46.6 Å². The predicted octanol–water partition coefficient (Wildman–Crippen LogP) is 0.903. The maximum Gasteiger partial charge on any atom is 0.329 e. The summed E-state index contributed by atoms with van der Waals surface area (Å²) in [6.07, 6.45) is 0.445. The van der Waals surface area contributed by atoms with E-state index in [1.807, 2.05) is 6.92 Å². The zero-order valence-corrected chi connectivity index (χ0v) is 10.0. The van der Waals surface area contributed by atoms with Crippen LogP contribution in [0.15, 0.2) is 0 Å². The van der Waals surface area contributed by atoms with Crippen LogP contribution in [0.2, 0.25) is 0 Å². The van der Waals surface area contributed by atoms with E-state index in [0.717, 1.165) is 5.75 Å². The van der Waals surface area contributed by atoms with Gasteiger partial charge in [0.15, 0.2) is 0 Å². The molecule has 0 aliphatic carbocycles. The van der Waals surface area contributed by atoms with Crippen molar-refractivity contribution < 1.29 is 14.3 Å². The van der Waals surface area contributed by atoms with Crippen molar-refractivity contribution in [2.45, 2.75) is 26.3 Å². The molecule has 0 spiro atoms. The zero-order valence-electron chi connectivity index (χ0n) is 9.19. The second-order valence-electron chi connectivity index (χ2n) is 3.28. The summed E-state index contributed by atoms with van der Waals surface area (Å²) in [5.74, 6) is 1.33. The van der Waals surface area contributed by atoms with Crippen LogP contribution in [0, 0.1) is 0 Å². The second kappa shape index (κ2) is 6.00. The van der Waals surface area contributed by atoms with Gasteiger partial charge in [-0.1, -0.05) is 6.92 Å². The fourth-order valence-electron chi connectivity index (χ4n) is 1.54. The Morgan fingerprint density at radius 2 is 2.20 bits per heavy atom. The average molecular weight is 231 g/mol. The van der Waals surface area contributed by atoms with Crippen LogP contribution in [-0.4, -0.2) is 47.5 Å². The molecule has 1 fully saturated rings. The van der Waals surface area contributed by atoms with Crippen molar-refractivity contribution in [2.24, 2.45) is 0 Å². The summed E-state index contributed by atoms with van der Waals surface area (Å²) < 4.78 is 4.96. The van der Waals surface area contributed by atoms with Crippen LogP contribution in [0.4, 0.5) is 0 Å². The van der Waals surface area contributed by atoms with Crippen molar-refractivity contribution in [1.82, 2.24) is 4.90 Å². The van der Waals surface area contributed by atoms with Gasteiger partial charge in [0.1, 0.15) is 6.04 Å². The Balaban J connectivity index is 2.65. The average Bonchev–Trinajstić information content (AvgIpc) is 2.28. The molecule has 5 heteroatoms. The van der Waals surface area contributed by atoms with E-state index in [0.29, 0.717) is 25.3 Å². The van der Waals surface area contributed by atoms with E-state index in [2.05, 4.69) is 0 Å². The number of carbonyl (C=O) groups is 2. The van der Waals surface area contributed by atoms with E-state index in [4.69, 9.17) is 4.74 Å². The summed E-state index contributed by atoms with van der Waals surface area (Å²) in [5.41, 5.74) is 0. The van der Waals surface area contributed by atoms with Gasteiger partial charge in [-0.05, 0) is 6.92 Å². The maximum atomic E-state index is 11.6. The molecule has 0 saturated carbocycles. The first-order chi connectivity index (χ1) is 7.20. The molecule has 15 heavy (non-hydrogen) atoms. The van der Waals surface area contributed by atoms with Gasteiger partial charge in [-0.15, -0.1) is 0 Å². The molecule has 0 bridgehead atoms. The maximum absolute atomic E-state index is 11.6. The van der Waals surface area contributed by atoms with E-state index in [-0.39, 0.29) is 17.9 Å². The Labute approximate surface area is 94.3 Å². The Morgan fingerprint density at radius 1 is 1.47 bits per heavy atom. The Kier molecular flexibility index (Phi) is 4.94. The van der Waals surface area contributed by atoms with Gasteiger partial charge in [-0.3, -0.25) is 4.79 Å². The van der Waals surface area contributed by atoms with Gasteiger partial charge >= 0.3 is 5.97 Å². The lowest BCUT2D eigenvalue weighted by Crippen LogP contribution is -2.50. The van der Waals surface area contributed by atoms with E-state index < -0.39 is 0 Å². The smallest absolute Gasteiger partial charge is 0.329 e. The highest BCUT2D eigenvalue weighted by Crippen LogP contribution is 2.18. The first kappa shape index (κ1) is 12.4. The summed E-state index contributed by atoms with van der Waals surface area (Å²) in [4.78, 5) is 24.8. The molecular weight excluding hydrogens is 214 g/mol. The molecule has 1 rings (SSSR count). The van der Waals surface area contributed by atoms with Crippen molar-refractivity contribution in [2.75, 3.05) is 24.7 Å². The molecule has 1 amide bonds. The predicted molar refractivity (Wildman–Crippen MR) is 59.8 cm³/mol. The number of carbonyl (C=O) groups excluding carboxylic acids is 2. The molecule has 0 N–H and O–H groups in total. The number of hydrogen-bond donors (Lipinski definition) is 0. The van der Waals surface area contributed by atoms with E-state index in [1.165, 1.54) is 0 Å². The third-order valence-corrected chi connectivity index (χ3v) is 3.33. The van der Waals surface area contributed by atoms with Crippen molar-refractivity contribution in [3.05, 3.63) is 0 Å². The Morgan fingerprint density at radius 3 is 2.80 bits per heavy atom. The zero-order chi connectivity index (χ0) is 11.3. The quantitative estimate of drug-likeness (QED) is 0.677. The standard InChI is InChI=1S/C10H17NO3S/c1-3-9(12)11-5-6-15-7-8(11)10(13)14-4-2/h8H,3-7H2,1-2H3. The third kappa shape index (κ3) is 3.12. The number of hydrogen-bond acceptors (Lipinski definition) is 4. The molecule has 0 aromatic carbocycles. The summed E-state index contributed by atoms with van der Waals surface area (Å²) in [6, 6.07) is -0.379. The van der Waals surface area contributed by atoms with Gasteiger partial charge in [0, 0.05) is 24.5 Å². The Bertz CT molecular complexity index is 245. The molecule has 0 radical (unpaired) electrons. The van der Waals surface area contributed by atoms with Crippen molar-refractivity contribution in [3.8, 4) is 0 Å². The molecule has 1 aliphatic rings. The third-order valence-electron chi connectivity index (χ3n) is 2.31. The van der Waals surface area contributed by atoms with Gasteiger partial charge in [-0.2, -0.15) is 11.8 Å². The fourth-order valence-corrected chi connectivity index (χ4v) is 2.57. The van der Waals surface area contributed by atoms with Gasteiger partial charge in [0.2, 0.25) is 5.91 Å². The lowest BCUT2D eigenvalue weighted by molar-refractivity contribution is -0.153. The minimum Gasteiger partial charge on any atom is -0.464 e. The molecule has 1 atom stereocenters. The van der Waals surface area contributed by atoms with E-state index >= 15 is 0 Å². The molecule has 0 aromatic rings. The van der Waals surface area contributed by atoms with Crippen molar-refractivity contribution in [3.63, 3.8) is 0 Å². The largest absolute Gasteiger partial charge is 0.464 e. The molecule has 1 aliphatic heterocycles. The SMILES string of the molecule is CCOC(=O)C1CSCCN1C(=O)CC. The van der Waals surface area contributed by atoms with Crippen LogP contribution in [0.25, 0.3) is 0 Å². The Hall–Kier alpha value is -0.710. The number of rotatable bonds is 3. The monoisotopic (exact) mass is 231 g/mol. The van der Waals surface area contributed by atoms with Crippen LogP contribution >= 0.6 is 11.8 Å². The van der Waals surface area contributed by atoms with Crippen molar-refractivity contribution >= 4 is 23.6 Å². The van der Waals surface area contributed by atoms with Crippen molar-refractivity contribution in [1.29, 1.82) is 0 Å². The van der Waals surface area contributed by atoms with E-state index in [9.17, 15) is 9.59 Å². The first-order valence-electron chi connectivity index (χ1n) is 5.24. The van der Waals surface area contributed by atoms with Gasteiger partial charge in [0.05, 0.1) is 6.61 Å². The number of esters is 1. The first-order valence-corrected chi connectivity index (χ1v) is 6.40. The molecule has 1 heterocycles. The van der Waals surface area contributed by atoms with Gasteiger partial charge in [0.25, 0.3) is 0 Å². The number of thioether (sulfide) groups is 1. The summed E-state index contributed by atoms with van der Waals surface area (Å²) >= 11 is 1.69. The lowest BCUT2D eigenvalue weighted by Gasteiger charge is -2.33. The molecule has 0 aromatic heterocycles. The molecular formula is C10H17NO3S. The fraction of sp³-hybridized carbons (Fsp3) is 0.800. The summed E-state index contributed by atoms with van der Waals surface area (Å²) in [7, 11) is 0. The van der Waals surface area contributed by atoms with Gasteiger partial charge < -0.3 is 9.64 Å². The highest BCUT2D eigenvalue weighted by Gasteiger charge is 2.32.